The van der Waals surface area contributed by atoms with Crippen LogP contribution in [0.4, 0.5) is 0 Å². The third-order valence-corrected chi connectivity index (χ3v) is 4.55. The summed E-state index contributed by atoms with van der Waals surface area (Å²) in [6.07, 6.45) is 2.06. The number of benzene rings is 1. The third-order valence-electron chi connectivity index (χ3n) is 4.55. The summed E-state index contributed by atoms with van der Waals surface area (Å²) >= 11 is 0. The zero-order valence-electron chi connectivity index (χ0n) is 13.3. The van der Waals surface area contributed by atoms with Crippen molar-refractivity contribution in [2.24, 2.45) is 5.73 Å². The van der Waals surface area contributed by atoms with E-state index in [4.69, 9.17) is 5.73 Å². The summed E-state index contributed by atoms with van der Waals surface area (Å²) in [5.41, 5.74) is 7.00. The first-order chi connectivity index (χ1) is 10.0. The van der Waals surface area contributed by atoms with Crippen LogP contribution < -0.4 is 5.73 Å². The van der Waals surface area contributed by atoms with Gasteiger partial charge in [-0.1, -0.05) is 30.3 Å². The van der Waals surface area contributed by atoms with E-state index in [1.54, 1.807) is 0 Å². The Labute approximate surface area is 127 Å². The van der Waals surface area contributed by atoms with Gasteiger partial charge in [-0.3, -0.25) is 4.79 Å². The van der Waals surface area contributed by atoms with Gasteiger partial charge in [0.1, 0.15) is 6.04 Å². The van der Waals surface area contributed by atoms with Gasteiger partial charge in [0.25, 0.3) is 0 Å². The van der Waals surface area contributed by atoms with Gasteiger partial charge in [0.15, 0.2) is 0 Å². The Kier molecular flexibility index (Phi) is 5.37. The lowest BCUT2D eigenvalue weighted by molar-refractivity contribution is -0.134. The van der Waals surface area contributed by atoms with Crippen LogP contribution in [0, 0.1) is 0 Å². The van der Waals surface area contributed by atoms with Crippen LogP contribution in [-0.2, 0) is 4.79 Å². The molecule has 1 fully saturated rings. The van der Waals surface area contributed by atoms with Crippen LogP contribution in [0.25, 0.3) is 0 Å². The maximum absolute atomic E-state index is 12.5. The molecule has 1 heterocycles. The molecule has 4 heteroatoms. The molecule has 0 saturated carbocycles. The van der Waals surface area contributed by atoms with Crippen molar-refractivity contribution < 1.29 is 4.79 Å². The van der Waals surface area contributed by atoms with E-state index < -0.39 is 6.04 Å². The second-order valence-corrected chi connectivity index (χ2v) is 6.20. The first kappa shape index (κ1) is 16.0. The molecule has 21 heavy (non-hydrogen) atoms. The molecule has 0 bridgehead atoms. The van der Waals surface area contributed by atoms with Gasteiger partial charge in [0.05, 0.1) is 0 Å². The highest BCUT2D eigenvalue weighted by Crippen LogP contribution is 2.20. The fourth-order valence-electron chi connectivity index (χ4n) is 2.99. The summed E-state index contributed by atoms with van der Waals surface area (Å²) in [7, 11) is 1.89. The lowest BCUT2D eigenvalue weighted by atomic mass is 10.00. The van der Waals surface area contributed by atoms with Gasteiger partial charge in [-0.15, -0.1) is 0 Å². The van der Waals surface area contributed by atoms with E-state index in [1.165, 1.54) is 0 Å². The summed E-state index contributed by atoms with van der Waals surface area (Å²) < 4.78 is 0. The van der Waals surface area contributed by atoms with Crippen molar-refractivity contribution >= 4 is 5.91 Å². The zero-order valence-corrected chi connectivity index (χ0v) is 13.3. The summed E-state index contributed by atoms with van der Waals surface area (Å²) in [6.45, 7) is 6.56. The Morgan fingerprint density at radius 3 is 2.33 bits per heavy atom. The van der Waals surface area contributed by atoms with Crippen LogP contribution in [0.5, 0.6) is 0 Å². The Morgan fingerprint density at radius 2 is 1.81 bits per heavy atom. The number of likely N-dealkylation sites (N-methyl/N-ethyl adjacent to an activating group) is 1. The molecule has 4 nitrogen and oxygen atoms in total. The molecule has 1 aromatic carbocycles. The Hall–Kier alpha value is -1.39. The number of likely N-dealkylation sites (tertiary alicyclic amines) is 1. The van der Waals surface area contributed by atoms with E-state index in [1.807, 2.05) is 42.3 Å². The van der Waals surface area contributed by atoms with Gasteiger partial charge in [-0.25, -0.2) is 0 Å². The van der Waals surface area contributed by atoms with Gasteiger partial charge >= 0.3 is 0 Å². The molecule has 0 spiro atoms. The Balaban J connectivity index is 1.94. The maximum Gasteiger partial charge on any atom is 0.244 e. The van der Waals surface area contributed by atoms with Gasteiger partial charge in [-0.2, -0.15) is 0 Å². The number of piperidine rings is 1. The summed E-state index contributed by atoms with van der Waals surface area (Å²) in [5.74, 6) is 0.0178. The number of hydrogen-bond donors (Lipinski definition) is 1. The van der Waals surface area contributed by atoms with Crippen LogP contribution >= 0.6 is 0 Å². The van der Waals surface area contributed by atoms with Gasteiger partial charge in [0.2, 0.25) is 5.91 Å². The first-order valence-corrected chi connectivity index (χ1v) is 7.82. The molecule has 0 unspecified atom stereocenters. The second-order valence-electron chi connectivity index (χ2n) is 6.20. The van der Waals surface area contributed by atoms with Crippen LogP contribution in [0.1, 0.15) is 38.3 Å². The van der Waals surface area contributed by atoms with Crippen molar-refractivity contribution in [3.63, 3.8) is 0 Å². The standard InChI is InChI=1S/C17H27N3O/c1-13(2)20-11-9-15(10-12-20)19(3)17(21)16(18)14-7-5-4-6-8-14/h4-8,13,15-16H,9-12,18H2,1-3H3/t16-/m0/s1. The normalized spacial score (nSPS) is 18.7. The highest BCUT2D eigenvalue weighted by molar-refractivity contribution is 5.83. The fraction of sp³-hybridized carbons (Fsp3) is 0.588. The van der Waals surface area contributed by atoms with Crippen molar-refractivity contribution in [3.05, 3.63) is 35.9 Å². The van der Waals surface area contributed by atoms with Crippen LogP contribution in [0.2, 0.25) is 0 Å². The van der Waals surface area contributed by atoms with E-state index >= 15 is 0 Å². The van der Waals surface area contributed by atoms with Crippen molar-refractivity contribution in [2.75, 3.05) is 20.1 Å². The molecular weight excluding hydrogens is 262 g/mol. The topological polar surface area (TPSA) is 49.6 Å². The maximum atomic E-state index is 12.5. The predicted octanol–water partition coefficient (Wildman–Crippen LogP) is 2.02. The molecule has 1 amide bonds. The fourth-order valence-corrected chi connectivity index (χ4v) is 2.99. The van der Waals surface area contributed by atoms with Crippen molar-refractivity contribution in [2.45, 2.75) is 44.8 Å². The zero-order chi connectivity index (χ0) is 15.4. The molecule has 0 radical (unpaired) electrons. The molecular formula is C17H27N3O. The Bertz CT molecular complexity index is 452. The van der Waals surface area contributed by atoms with Gasteiger partial charge in [0, 0.05) is 32.2 Å². The smallest absolute Gasteiger partial charge is 0.244 e. The predicted molar refractivity (Wildman–Crippen MR) is 85.9 cm³/mol. The van der Waals surface area contributed by atoms with Crippen LogP contribution in [0.3, 0.4) is 0 Å². The number of amides is 1. The summed E-state index contributed by atoms with van der Waals surface area (Å²) in [6, 6.07) is 9.94. The minimum absolute atomic E-state index is 0.0178. The van der Waals surface area contributed by atoms with Gasteiger partial charge < -0.3 is 15.5 Å². The average molecular weight is 289 g/mol. The largest absolute Gasteiger partial charge is 0.341 e. The summed E-state index contributed by atoms with van der Waals surface area (Å²) in [5, 5.41) is 0. The van der Waals surface area contributed by atoms with E-state index in [0.717, 1.165) is 31.5 Å². The third kappa shape index (κ3) is 3.83. The molecule has 0 aliphatic carbocycles. The first-order valence-electron chi connectivity index (χ1n) is 7.82. The number of carbonyl (C=O) groups is 1. The lowest BCUT2D eigenvalue weighted by Crippen LogP contribution is -2.49. The van der Waals surface area contributed by atoms with Crippen molar-refractivity contribution in [1.82, 2.24) is 9.80 Å². The molecule has 1 atom stereocenters. The van der Waals surface area contributed by atoms with E-state index in [0.29, 0.717) is 12.1 Å². The molecule has 1 aromatic rings. The number of hydrogen-bond acceptors (Lipinski definition) is 3. The second kappa shape index (κ2) is 7.05. The molecule has 1 saturated heterocycles. The van der Waals surface area contributed by atoms with E-state index in [2.05, 4.69) is 18.7 Å². The Morgan fingerprint density at radius 1 is 1.24 bits per heavy atom. The number of rotatable bonds is 4. The van der Waals surface area contributed by atoms with Gasteiger partial charge in [-0.05, 0) is 32.3 Å². The number of nitrogens with zero attached hydrogens (tertiary/aromatic N) is 2. The molecule has 116 valence electrons. The van der Waals surface area contributed by atoms with E-state index in [-0.39, 0.29) is 5.91 Å². The van der Waals surface area contributed by atoms with Crippen LogP contribution in [0.15, 0.2) is 30.3 Å². The molecule has 1 aliphatic rings. The number of nitrogens with two attached hydrogens (primary N) is 1. The quantitative estimate of drug-likeness (QED) is 0.922. The minimum atomic E-state index is -0.556. The van der Waals surface area contributed by atoms with Crippen LogP contribution in [-0.4, -0.2) is 47.9 Å². The monoisotopic (exact) mass is 289 g/mol. The molecule has 1 aliphatic heterocycles. The molecule has 0 aromatic heterocycles. The minimum Gasteiger partial charge on any atom is -0.341 e. The van der Waals surface area contributed by atoms with Crippen molar-refractivity contribution in [1.29, 1.82) is 0 Å². The molecule has 2 N–H and O–H groups in total. The average Bonchev–Trinajstić information content (AvgIpc) is 2.53. The SMILES string of the molecule is CC(C)N1CCC(N(C)C(=O)[C@@H](N)c2ccccc2)CC1. The lowest BCUT2D eigenvalue weighted by Gasteiger charge is -2.39. The highest BCUT2D eigenvalue weighted by atomic mass is 16.2. The number of carbonyl (C=O) groups excluding carboxylic acids is 1. The summed E-state index contributed by atoms with van der Waals surface area (Å²) in [4.78, 5) is 16.9. The molecule has 2 rings (SSSR count). The van der Waals surface area contributed by atoms with Crippen molar-refractivity contribution in [3.8, 4) is 0 Å². The highest BCUT2D eigenvalue weighted by Gasteiger charge is 2.29. The van der Waals surface area contributed by atoms with E-state index in [9.17, 15) is 4.79 Å².